The van der Waals surface area contributed by atoms with Gasteiger partial charge in [0.2, 0.25) is 0 Å². The van der Waals surface area contributed by atoms with Crippen molar-refractivity contribution < 1.29 is 0 Å². The molecule has 0 atom stereocenters. The van der Waals surface area contributed by atoms with Gasteiger partial charge >= 0.3 is 0 Å². The van der Waals surface area contributed by atoms with E-state index in [0.29, 0.717) is 6.54 Å². The van der Waals surface area contributed by atoms with Crippen LogP contribution in [0.3, 0.4) is 0 Å². The lowest BCUT2D eigenvalue weighted by atomic mass is 10.3. The van der Waals surface area contributed by atoms with Gasteiger partial charge in [0.1, 0.15) is 10.5 Å². The maximum Gasteiger partial charge on any atom is 0.180 e. The summed E-state index contributed by atoms with van der Waals surface area (Å²) in [6, 6.07) is 1.90. The van der Waals surface area contributed by atoms with E-state index in [2.05, 4.69) is 20.4 Å². The fraction of sp³-hybridized carbons (Fsp3) is 0.143. The smallest absolute Gasteiger partial charge is 0.180 e. The number of rotatable bonds is 3. The second-order valence-electron chi connectivity index (χ2n) is 2.41. The van der Waals surface area contributed by atoms with E-state index in [1.807, 2.05) is 6.07 Å². The molecule has 2 aromatic heterocycles. The molecule has 0 spiro atoms. The van der Waals surface area contributed by atoms with Crippen LogP contribution in [-0.4, -0.2) is 20.4 Å². The maximum absolute atomic E-state index is 5.49. The third kappa shape index (κ3) is 2.25. The van der Waals surface area contributed by atoms with Gasteiger partial charge in [-0.05, 0) is 23.4 Å². The van der Waals surface area contributed by atoms with Gasteiger partial charge in [-0.15, -0.1) is 15.3 Å². The van der Waals surface area contributed by atoms with Crippen molar-refractivity contribution in [2.24, 2.45) is 5.73 Å². The topological polar surface area (TPSA) is 77.6 Å². The molecule has 0 saturated carbocycles. The number of hydrogen-bond acceptors (Lipinski definition) is 7. The quantitative estimate of drug-likeness (QED) is 0.837. The Hall–Kier alpha value is -1.05. The van der Waals surface area contributed by atoms with Gasteiger partial charge in [-0.1, -0.05) is 11.3 Å². The zero-order valence-corrected chi connectivity index (χ0v) is 8.75. The predicted octanol–water partition coefficient (Wildman–Crippen LogP) is 0.938. The third-order valence-electron chi connectivity index (χ3n) is 1.46. The zero-order valence-electron chi connectivity index (χ0n) is 7.12. The first-order valence-electron chi connectivity index (χ1n) is 3.84. The molecule has 2 aromatic rings. The van der Waals surface area contributed by atoms with Gasteiger partial charge < -0.3 is 5.73 Å². The second-order valence-corrected chi connectivity index (χ2v) is 4.51. The molecule has 0 radical (unpaired) electrons. The summed E-state index contributed by atoms with van der Waals surface area (Å²) in [5.41, 5.74) is 8.14. The SMILES string of the molecule is NCc1cnnc(Sc2nncs2)c1. The normalized spacial score (nSPS) is 10.4. The maximum atomic E-state index is 5.49. The van der Waals surface area contributed by atoms with Crippen molar-refractivity contribution in [3.05, 3.63) is 23.3 Å². The Kier molecular flexibility index (Phi) is 3.02. The van der Waals surface area contributed by atoms with Crippen molar-refractivity contribution >= 4 is 23.1 Å². The van der Waals surface area contributed by atoms with E-state index in [1.165, 1.54) is 23.1 Å². The first kappa shape index (κ1) is 9.50. The number of nitrogens with two attached hydrogens (primary N) is 1. The largest absolute Gasteiger partial charge is 0.326 e. The summed E-state index contributed by atoms with van der Waals surface area (Å²) in [5.74, 6) is 0. The predicted molar refractivity (Wildman–Crippen MR) is 54.0 cm³/mol. The molecule has 0 aliphatic heterocycles. The molecule has 0 bridgehead atoms. The van der Waals surface area contributed by atoms with Crippen molar-refractivity contribution in [2.45, 2.75) is 15.9 Å². The molecule has 0 saturated heterocycles. The Morgan fingerprint density at radius 3 is 3.00 bits per heavy atom. The Labute approximate surface area is 88.8 Å². The molecule has 14 heavy (non-hydrogen) atoms. The fourth-order valence-corrected chi connectivity index (χ4v) is 2.26. The Balaban J connectivity index is 2.17. The van der Waals surface area contributed by atoms with Crippen molar-refractivity contribution in [1.82, 2.24) is 20.4 Å². The average Bonchev–Trinajstić information content (AvgIpc) is 2.71. The van der Waals surface area contributed by atoms with Crippen LogP contribution in [0, 0.1) is 0 Å². The molecule has 2 N–H and O–H groups in total. The molecule has 0 aromatic carbocycles. The molecule has 0 aliphatic carbocycles. The summed E-state index contributed by atoms with van der Waals surface area (Å²) in [6.45, 7) is 0.471. The van der Waals surface area contributed by atoms with E-state index in [0.717, 1.165) is 14.9 Å². The van der Waals surface area contributed by atoms with Crippen LogP contribution in [0.5, 0.6) is 0 Å². The van der Waals surface area contributed by atoms with Crippen LogP contribution in [0.1, 0.15) is 5.56 Å². The van der Waals surface area contributed by atoms with Crippen LogP contribution in [0.4, 0.5) is 0 Å². The van der Waals surface area contributed by atoms with Gasteiger partial charge in [-0.3, -0.25) is 0 Å². The first-order chi connectivity index (χ1) is 6.88. The zero-order chi connectivity index (χ0) is 9.80. The third-order valence-corrected chi connectivity index (χ3v) is 3.14. The van der Waals surface area contributed by atoms with E-state index in [1.54, 1.807) is 11.7 Å². The summed E-state index contributed by atoms with van der Waals surface area (Å²) >= 11 is 2.91. The lowest BCUT2D eigenvalue weighted by Gasteiger charge is -1.97. The van der Waals surface area contributed by atoms with E-state index < -0.39 is 0 Å². The highest BCUT2D eigenvalue weighted by molar-refractivity contribution is 8.00. The summed E-state index contributed by atoms with van der Waals surface area (Å²) in [5, 5.41) is 16.2. The van der Waals surface area contributed by atoms with Gasteiger partial charge in [0.15, 0.2) is 4.34 Å². The van der Waals surface area contributed by atoms with Crippen molar-refractivity contribution in [1.29, 1.82) is 0 Å². The molecule has 5 nitrogen and oxygen atoms in total. The molecule has 0 aliphatic rings. The van der Waals surface area contributed by atoms with Crippen LogP contribution in [0.2, 0.25) is 0 Å². The Morgan fingerprint density at radius 2 is 2.29 bits per heavy atom. The van der Waals surface area contributed by atoms with Crippen LogP contribution in [-0.2, 0) is 6.54 Å². The van der Waals surface area contributed by atoms with Gasteiger partial charge in [-0.2, -0.15) is 5.10 Å². The lowest BCUT2D eigenvalue weighted by Crippen LogP contribution is -1.98. The van der Waals surface area contributed by atoms with Crippen LogP contribution in [0.25, 0.3) is 0 Å². The summed E-state index contributed by atoms with van der Waals surface area (Å²) in [4.78, 5) is 0. The van der Waals surface area contributed by atoms with Crippen molar-refractivity contribution in [2.75, 3.05) is 0 Å². The van der Waals surface area contributed by atoms with E-state index in [4.69, 9.17) is 5.73 Å². The average molecular weight is 225 g/mol. The van der Waals surface area contributed by atoms with Crippen LogP contribution < -0.4 is 5.73 Å². The minimum Gasteiger partial charge on any atom is -0.326 e. The molecule has 7 heteroatoms. The van der Waals surface area contributed by atoms with E-state index >= 15 is 0 Å². The van der Waals surface area contributed by atoms with Gasteiger partial charge in [0, 0.05) is 6.54 Å². The Morgan fingerprint density at radius 1 is 1.36 bits per heavy atom. The lowest BCUT2D eigenvalue weighted by molar-refractivity contribution is 0.888. The highest BCUT2D eigenvalue weighted by atomic mass is 32.2. The van der Waals surface area contributed by atoms with Gasteiger partial charge in [-0.25, -0.2) is 0 Å². The van der Waals surface area contributed by atoms with Crippen LogP contribution in [0.15, 0.2) is 27.1 Å². The van der Waals surface area contributed by atoms with Crippen molar-refractivity contribution in [3.63, 3.8) is 0 Å². The summed E-state index contributed by atoms with van der Waals surface area (Å²) in [7, 11) is 0. The second kappa shape index (κ2) is 4.45. The van der Waals surface area contributed by atoms with Crippen LogP contribution >= 0.6 is 23.1 Å². The number of nitrogens with zero attached hydrogens (tertiary/aromatic N) is 4. The molecule has 2 heterocycles. The number of aromatic nitrogens is 4. The monoisotopic (exact) mass is 225 g/mol. The molecule has 0 amide bonds. The summed E-state index contributed by atoms with van der Waals surface area (Å²) in [6.07, 6.45) is 1.66. The molecular weight excluding hydrogens is 218 g/mol. The highest BCUT2D eigenvalue weighted by Gasteiger charge is 2.03. The highest BCUT2D eigenvalue weighted by Crippen LogP contribution is 2.26. The number of hydrogen-bond donors (Lipinski definition) is 1. The molecule has 0 unspecified atom stereocenters. The van der Waals surface area contributed by atoms with Gasteiger partial charge in [0.25, 0.3) is 0 Å². The molecular formula is C7H7N5S2. The minimum atomic E-state index is 0.471. The van der Waals surface area contributed by atoms with E-state index in [9.17, 15) is 0 Å². The minimum absolute atomic E-state index is 0.471. The standard InChI is InChI=1S/C7H7N5S2/c8-2-5-1-6(11-9-3-5)14-7-12-10-4-13-7/h1,3-4H,2,8H2. The first-order valence-corrected chi connectivity index (χ1v) is 5.54. The molecule has 0 fully saturated rings. The molecule has 2 rings (SSSR count). The molecule has 72 valence electrons. The van der Waals surface area contributed by atoms with E-state index in [-0.39, 0.29) is 0 Å². The van der Waals surface area contributed by atoms with Gasteiger partial charge in [0.05, 0.1) is 6.20 Å². The van der Waals surface area contributed by atoms with Crippen molar-refractivity contribution in [3.8, 4) is 0 Å². The Bertz CT molecular complexity index is 402. The fourth-order valence-electron chi connectivity index (χ4n) is 0.843. The summed E-state index contributed by atoms with van der Waals surface area (Å²) < 4.78 is 0.855.